The Morgan fingerprint density at radius 1 is 1.28 bits per heavy atom. The molecule has 0 spiro atoms. The summed E-state index contributed by atoms with van der Waals surface area (Å²) in [6.07, 6.45) is 3.59. The number of nitrogens with one attached hydrogen (secondary N) is 1. The molecule has 0 saturated carbocycles. The first-order valence-electron chi connectivity index (χ1n) is 6.76. The molecule has 18 heavy (non-hydrogen) atoms. The minimum absolute atomic E-state index is 0.217. The van der Waals surface area contributed by atoms with Gasteiger partial charge in [0, 0.05) is 5.71 Å². The number of fused-ring (bicyclic) bond motifs is 1. The van der Waals surface area contributed by atoms with Gasteiger partial charge in [-0.15, -0.1) is 0 Å². The van der Waals surface area contributed by atoms with Crippen LogP contribution in [-0.4, -0.2) is 29.5 Å². The number of nitrogens with zero attached hydrogens (tertiary/aromatic N) is 1. The molecule has 0 radical (unpaired) electrons. The summed E-state index contributed by atoms with van der Waals surface area (Å²) < 4.78 is 5.93. The molecule has 0 unspecified atom stereocenters. The Kier molecular flexibility index (Phi) is 3.18. The van der Waals surface area contributed by atoms with Crippen LogP contribution in [0.25, 0.3) is 0 Å². The lowest BCUT2D eigenvalue weighted by molar-refractivity contribution is -0.00967. The predicted molar refractivity (Wildman–Crippen MR) is 71.8 cm³/mol. The van der Waals surface area contributed by atoms with Gasteiger partial charge in [0.2, 0.25) is 0 Å². The smallest absolute Gasteiger partial charge is 0.111 e. The number of ether oxygens (including phenoxy) is 1. The summed E-state index contributed by atoms with van der Waals surface area (Å²) >= 11 is 0. The SMILES string of the molecule is CC(=N)[C@H]1CCC[C@@H]2OC[C@H](c3ccccc3)N21. The van der Waals surface area contributed by atoms with Crippen molar-refractivity contribution < 1.29 is 4.74 Å². The van der Waals surface area contributed by atoms with Crippen LogP contribution < -0.4 is 0 Å². The maximum atomic E-state index is 8.00. The number of benzene rings is 1. The first kappa shape index (κ1) is 11.9. The lowest BCUT2D eigenvalue weighted by Crippen LogP contribution is -2.47. The van der Waals surface area contributed by atoms with Crippen molar-refractivity contribution in [2.75, 3.05) is 6.61 Å². The molecule has 3 heteroatoms. The molecule has 2 aliphatic heterocycles. The highest BCUT2D eigenvalue weighted by molar-refractivity contribution is 5.84. The molecule has 2 saturated heterocycles. The second-order valence-electron chi connectivity index (χ2n) is 5.29. The maximum Gasteiger partial charge on any atom is 0.111 e. The molecule has 2 aliphatic rings. The molecule has 0 bridgehead atoms. The normalized spacial score (nSPS) is 32.2. The van der Waals surface area contributed by atoms with Crippen molar-refractivity contribution in [3.8, 4) is 0 Å². The Balaban J connectivity index is 1.90. The molecule has 1 N–H and O–H groups in total. The lowest BCUT2D eigenvalue weighted by atomic mass is 9.94. The minimum atomic E-state index is 0.217. The number of piperidine rings is 1. The Morgan fingerprint density at radius 2 is 2.06 bits per heavy atom. The summed E-state index contributed by atoms with van der Waals surface area (Å²) in [6.45, 7) is 2.69. The van der Waals surface area contributed by atoms with Crippen LogP contribution in [-0.2, 0) is 4.74 Å². The van der Waals surface area contributed by atoms with Crippen LogP contribution in [0.3, 0.4) is 0 Å². The van der Waals surface area contributed by atoms with Crippen molar-refractivity contribution in [1.29, 1.82) is 5.41 Å². The molecule has 0 amide bonds. The average Bonchev–Trinajstić information content (AvgIpc) is 2.83. The summed E-state index contributed by atoms with van der Waals surface area (Å²) in [7, 11) is 0. The zero-order chi connectivity index (χ0) is 12.5. The summed E-state index contributed by atoms with van der Waals surface area (Å²) in [5.74, 6) is 0. The fraction of sp³-hybridized carbons (Fsp3) is 0.533. The molecule has 0 aromatic heterocycles. The van der Waals surface area contributed by atoms with E-state index in [0.29, 0.717) is 6.04 Å². The van der Waals surface area contributed by atoms with E-state index in [1.807, 2.05) is 13.0 Å². The fourth-order valence-corrected chi connectivity index (χ4v) is 3.24. The van der Waals surface area contributed by atoms with Crippen molar-refractivity contribution in [3.63, 3.8) is 0 Å². The maximum absolute atomic E-state index is 8.00. The number of hydrogen-bond acceptors (Lipinski definition) is 3. The van der Waals surface area contributed by atoms with Gasteiger partial charge in [-0.2, -0.15) is 0 Å². The first-order chi connectivity index (χ1) is 8.77. The van der Waals surface area contributed by atoms with Gasteiger partial charge in [-0.25, -0.2) is 0 Å². The van der Waals surface area contributed by atoms with Gasteiger partial charge in [0.05, 0.1) is 18.7 Å². The highest BCUT2D eigenvalue weighted by atomic mass is 16.5. The van der Waals surface area contributed by atoms with Gasteiger partial charge in [0.1, 0.15) is 6.23 Å². The van der Waals surface area contributed by atoms with Gasteiger partial charge in [-0.05, 0) is 31.7 Å². The van der Waals surface area contributed by atoms with Gasteiger partial charge < -0.3 is 10.1 Å². The molecule has 1 aromatic rings. The molecule has 3 nitrogen and oxygen atoms in total. The first-order valence-corrected chi connectivity index (χ1v) is 6.76. The summed E-state index contributed by atoms with van der Waals surface area (Å²) in [5.41, 5.74) is 2.08. The zero-order valence-electron chi connectivity index (χ0n) is 10.8. The van der Waals surface area contributed by atoms with Gasteiger partial charge in [-0.3, -0.25) is 4.90 Å². The van der Waals surface area contributed by atoms with Crippen molar-refractivity contribution in [1.82, 2.24) is 4.90 Å². The Labute approximate surface area is 108 Å². The van der Waals surface area contributed by atoms with Gasteiger partial charge in [0.15, 0.2) is 0 Å². The standard InChI is InChI=1S/C15H20N2O/c1-11(16)13-8-5-9-15-17(13)14(10-18-15)12-6-3-2-4-7-12/h2-4,6-7,13-16H,5,8-10H2,1H3/t13-,14-,15+/m1/s1. The predicted octanol–water partition coefficient (Wildman–Crippen LogP) is 2.98. The van der Waals surface area contributed by atoms with Crippen LogP contribution in [0, 0.1) is 5.41 Å². The summed E-state index contributed by atoms with van der Waals surface area (Å²) in [4.78, 5) is 2.42. The Morgan fingerprint density at radius 3 is 2.78 bits per heavy atom. The highest BCUT2D eigenvalue weighted by Gasteiger charge is 2.42. The van der Waals surface area contributed by atoms with E-state index < -0.39 is 0 Å². The highest BCUT2D eigenvalue weighted by Crippen LogP contribution is 2.38. The van der Waals surface area contributed by atoms with E-state index in [-0.39, 0.29) is 12.3 Å². The van der Waals surface area contributed by atoms with E-state index in [9.17, 15) is 0 Å². The minimum Gasteiger partial charge on any atom is -0.361 e. The Bertz CT molecular complexity index is 431. The van der Waals surface area contributed by atoms with Crippen LogP contribution >= 0.6 is 0 Å². The summed E-state index contributed by atoms with van der Waals surface area (Å²) in [6, 6.07) is 11.1. The average molecular weight is 244 g/mol. The van der Waals surface area contributed by atoms with Crippen molar-refractivity contribution >= 4 is 5.71 Å². The lowest BCUT2D eigenvalue weighted by Gasteiger charge is -2.39. The molecule has 2 heterocycles. The fourth-order valence-electron chi connectivity index (χ4n) is 3.24. The third kappa shape index (κ3) is 1.98. The van der Waals surface area contributed by atoms with Crippen LogP contribution in [0.15, 0.2) is 30.3 Å². The van der Waals surface area contributed by atoms with E-state index >= 15 is 0 Å². The largest absolute Gasteiger partial charge is 0.361 e. The monoisotopic (exact) mass is 244 g/mol. The van der Waals surface area contributed by atoms with Crippen LogP contribution in [0.2, 0.25) is 0 Å². The van der Waals surface area contributed by atoms with Gasteiger partial charge in [-0.1, -0.05) is 30.3 Å². The van der Waals surface area contributed by atoms with Crippen LogP contribution in [0.4, 0.5) is 0 Å². The third-order valence-electron chi connectivity index (χ3n) is 4.11. The van der Waals surface area contributed by atoms with Gasteiger partial charge in [0.25, 0.3) is 0 Å². The third-order valence-corrected chi connectivity index (χ3v) is 4.11. The molecule has 1 aromatic carbocycles. The van der Waals surface area contributed by atoms with E-state index in [0.717, 1.165) is 25.2 Å². The topological polar surface area (TPSA) is 36.3 Å². The van der Waals surface area contributed by atoms with E-state index in [1.54, 1.807) is 0 Å². The van der Waals surface area contributed by atoms with Crippen molar-refractivity contribution in [2.45, 2.75) is 44.5 Å². The van der Waals surface area contributed by atoms with Crippen LogP contribution in [0.5, 0.6) is 0 Å². The number of rotatable bonds is 2. The van der Waals surface area contributed by atoms with Gasteiger partial charge >= 0.3 is 0 Å². The quantitative estimate of drug-likeness (QED) is 0.812. The van der Waals surface area contributed by atoms with Crippen LogP contribution in [0.1, 0.15) is 37.8 Å². The molecular weight excluding hydrogens is 224 g/mol. The molecule has 3 rings (SSSR count). The Hall–Kier alpha value is -1.19. The van der Waals surface area contributed by atoms with Crippen molar-refractivity contribution in [3.05, 3.63) is 35.9 Å². The molecular formula is C15H20N2O. The van der Waals surface area contributed by atoms with E-state index in [2.05, 4.69) is 29.2 Å². The summed E-state index contributed by atoms with van der Waals surface area (Å²) in [5, 5.41) is 8.00. The molecule has 3 atom stereocenters. The second kappa shape index (κ2) is 4.82. The number of hydrogen-bond donors (Lipinski definition) is 1. The van der Waals surface area contributed by atoms with E-state index in [4.69, 9.17) is 10.1 Å². The second-order valence-corrected chi connectivity index (χ2v) is 5.29. The van der Waals surface area contributed by atoms with E-state index in [1.165, 1.54) is 12.0 Å². The molecule has 0 aliphatic carbocycles. The zero-order valence-corrected chi connectivity index (χ0v) is 10.8. The van der Waals surface area contributed by atoms with Crippen molar-refractivity contribution in [2.24, 2.45) is 0 Å². The molecule has 96 valence electrons. The molecule has 2 fully saturated rings.